The molecule has 1 atom stereocenters. The lowest BCUT2D eigenvalue weighted by Gasteiger charge is -2.53. The lowest BCUT2D eigenvalue weighted by molar-refractivity contribution is -0.197. The number of rotatable bonds is 4. The zero-order chi connectivity index (χ0) is 15.7. The van der Waals surface area contributed by atoms with Crippen LogP contribution < -0.4 is 5.73 Å². The molecule has 1 fully saturated rings. The van der Waals surface area contributed by atoms with Gasteiger partial charge in [-0.05, 0) is 46.6 Å². The van der Waals surface area contributed by atoms with E-state index >= 15 is 0 Å². The fraction of sp³-hybridized carbons (Fsp3) is 0.667. The maximum absolute atomic E-state index is 6.20. The summed E-state index contributed by atoms with van der Waals surface area (Å²) in [6.45, 7) is 13.4. The van der Waals surface area contributed by atoms with E-state index in [1.807, 2.05) is 0 Å². The first kappa shape index (κ1) is 16.5. The Morgan fingerprint density at radius 2 is 1.62 bits per heavy atom. The average molecular weight is 290 g/mol. The van der Waals surface area contributed by atoms with E-state index < -0.39 is 0 Å². The Balaban J connectivity index is 2.22. The van der Waals surface area contributed by atoms with Gasteiger partial charge in [0.2, 0.25) is 0 Å². The Kier molecular flexibility index (Phi) is 4.48. The van der Waals surface area contributed by atoms with Gasteiger partial charge in [0.15, 0.2) is 0 Å². The van der Waals surface area contributed by atoms with Gasteiger partial charge in [-0.1, -0.05) is 30.3 Å². The van der Waals surface area contributed by atoms with Gasteiger partial charge in [-0.2, -0.15) is 0 Å². The Morgan fingerprint density at radius 1 is 1.10 bits per heavy atom. The molecule has 1 unspecified atom stereocenters. The van der Waals surface area contributed by atoms with Crippen LogP contribution >= 0.6 is 0 Å². The molecule has 1 aliphatic rings. The van der Waals surface area contributed by atoms with Crippen molar-refractivity contribution in [3.8, 4) is 0 Å². The number of benzene rings is 1. The summed E-state index contributed by atoms with van der Waals surface area (Å²) in [6, 6.07) is 10.6. The summed E-state index contributed by atoms with van der Waals surface area (Å²) in [5.41, 5.74) is 7.19. The lowest BCUT2D eigenvalue weighted by atomic mass is 9.86. The van der Waals surface area contributed by atoms with E-state index in [1.54, 1.807) is 0 Å². The van der Waals surface area contributed by atoms with Crippen LogP contribution in [-0.4, -0.2) is 41.3 Å². The number of hydrogen-bond donors (Lipinski definition) is 1. The van der Waals surface area contributed by atoms with Crippen molar-refractivity contribution < 1.29 is 4.74 Å². The van der Waals surface area contributed by atoms with Crippen molar-refractivity contribution in [2.75, 3.05) is 19.6 Å². The Morgan fingerprint density at radius 3 is 2.10 bits per heavy atom. The number of ether oxygens (including phenoxy) is 1. The van der Waals surface area contributed by atoms with Gasteiger partial charge in [0.1, 0.15) is 0 Å². The third kappa shape index (κ3) is 4.06. The second-order valence-corrected chi connectivity index (χ2v) is 7.84. The number of nitrogens with two attached hydrogens (primary N) is 1. The Labute approximate surface area is 129 Å². The van der Waals surface area contributed by atoms with E-state index in [0.717, 1.165) is 19.5 Å². The maximum Gasteiger partial charge on any atom is 0.0761 e. The van der Waals surface area contributed by atoms with Gasteiger partial charge < -0.3 is 10.5 Å². The first-order valence-corrected chi connectivity index (χ1v) is 7.85. The molecule has 0 spiro atoms. The number of morpholine rings is 1. The van der Waals surface area contributed by atoms with Gasteiger partial charge in [0, 0.05) is 25.2 Å². The molecule has 0 radical (unpaired) electrons. The molecule has 21 heavy (non-hydrogen) atoms. The summed E-state index contributed by atoms with van der Waals surface area (Å²) in [6.07, 6.45) is 0.969. The minimum absolute atomic E-state index is 0.0420. The van der Waals surface area contributed by atoms with E-state index in [2.05, 4.69) is 69.9 Å². The van der Waals surface area contributed by atoms with Crippen LogP contribution in [0.15, 0.2) is 30.3 Å². The molecule has 1 aromatic carbocycles. The highest BCUT2D eigenvalue weighted by molar-refractivity contribution is 5.18. The van der Waals surface area contributed by atoms with Gasteiger partial charge >= 0.3 is 0 Å². The molecule has 1 heterocycles. The van der Waals surface area contributed by atoms with Crippen molar-refractivity contribution in [1.29, 1.82) is 0 Å². The molecule has 3 heteroatoms. The third-order valence-electron chi connectivity index (χ3n) is 4.33. The Bertz CT molecular complexity index is 453. The van der Waals surface area contributed by atoms with Gasteiger partial charge in [-0.25, -0.2) is 0 Å². The summed E-state index contributed by atoms with van der Waals surface area (Å²) < 4.78 is 6.20. The van der Waals surface area contributed by atoms with Gasteiger partial charge in [-0.15, -0.1) is 0 Å². The molecule has 1 aliphatic heterocycles. The molecule has 2 N–H and O–H groups in total. The molecule has 118 valence electrons. The molecule has 3 nitrogen and oxygen atoms in total. The van der Waals surface area contributed by atoms with Crippen molar-refractivity contribution in [2.45, 2.75) is 57.8 Å². The van der Waals surface area contributed by atoms with Crippen LogP contribution in [0.4, 0.5) is 0 Å². The van der Waals surface area contributed by atoms with Crippen LogP contribution in [0.2, 0.25) is 0 Å². The molecular weight excluding hydrogens is 260 g/mol. The quantitative estimate of drug-likeness (QED) is 0.926. The smallest absolute Gasteiger partial charge is 0.0761 e. The van der Waals surface area contributed by atoms with Gasteiger partial charge in [0.05, 0.1) is 11.2 Å². The van der Waals surface area contributed by atoms with Gasteiger partial charge in [-0.3, -0.25) is 4.90 Å². The van der Waals surface area contributed by atoms with Crippen LogP contribution in [-0.2, 0) is 11.2 Å². The van der Waals surface area contributed by atoms with Gasteiger partial charge in [0.25, 0.3) is 0 Å². The molecule has 0 aromatic heterocycles. The first-order valence-electron chi connectivity index (χ1n) is 7.85. The summed E-state index contributed by atoms with van der Waals surface area (Å²) >= 11 is 0. The van der Waals surface area contributed by atoms with E-state index in [9.17, 15) is 0 Å². The van der Waals surface area contributed by atoms with Crippen molar-refractivity contribution in [3.63, 3.8) is 0 Å². The second kappa shape index (κ2) is 5.71. The molecule has 2 rings (SSSR count). The van der Waals surface area contributed by atoms with E-state index in [1.165, 1.54) is 5.56 Å². The molecule has 0 saturated carbocycles. The normalized spacial score (nSPS) is 24.5. The minimum Gasteiger partial charge on any atom is -0.367 e. The minimum atomic E-state index is -0.144. The third-order valence-corrected chi connectivity index (χ3v) is 4.33. The molecule has 1 saturated heterocycles. The summed E-state index contributed by atoms with van der Waals surface area (Å²) in [4.78, 5) is 2.52. The van der Waals surface area contributed by atoms with Crippen LogP contribution in [0, 0.1) is 0 Å². The highest BCUT2D eigenvalue weighted by Crippen LogP contribution is 2.33. The Hall–Kier alpha value is -0.900. The SMILES string of the molecule is CC1(C)CN(C(C)(CN)Cc2ccccc2)CC(C)(C)O1. The topological polar surface area (TPSA) is 38.5 Å². The fourth-order valence-corrected chi connectivity index (χ4v) is 3.52. The highest BCUT2D eigenvalue weighted by Gasteiger charge is 2.44. The zero-order valence-corrected chi connectivity index (χ0v) is 14.1. The molecule has 0 aliphatic carbocycles. The highest BCUT2D eigenvalue weighted by atomic mass is 16.5. The second-order valence-electron chi connectivity index (χ2n) is 7.84. The average Bonchev–Trinajstić information content (AvgIpc) is 2.36. The van der Waals surface area contributed by atoms with Crippen molar-refractivity contribution in [1.82, 2.24) is 4.90 Å². The van der Waals surface area contributed by atoms with E-state index in [0.29, 0.717) is 6.54 Å². The largest absolute Gasteiger partial charge is 0.367 e. The van der Waals surface area contributed by atoms with Crippen LogP contribution in [0.1, 0.15) is 40.2 Å². The maximum atomic E-state index is 6.20. The van der Waals surface area contributed by atoms with Crippen LogP contribution in [0.25, 0.3) is 0 Å². The molecule has 0 amide bonds. The van der Waals surface area contributed by atoms with Crippen LogP contribution in [0.5, 0.6) is 0 Å². The fourth-order valence-electron chi connectivity index (χ4n) is 3.52. The molecule has 0 bridgehead atoms. The standard InChI is InChI=1S/C18H30N2O/c1-16(2)13-20(14-17(3,4)21-16)18(5,12-19)11-15-9-7-6-8-10-15/h6-10H,11-14,19H2,1-5H3. The van der Waals surface area contributed by atoms with Crippen molar-refractivity contribution >= 4 is 0 Å². The number of hydrogen-bond acceptors (Lipinski definition) is 3. The van der Waals surface area contributed by atoms with E-state index in [4.69, 9.17) is 10.5 Å². The van der Waals surface area contributed by atoms with Crippen molar-refractivity contribution in [3.05, 3.63) is 35.9 Å². The van der Waals surface area contributed by atoms with Crippen molar-refractivity contribution in [2.24, 2.45) is 5.73 Å². The summed E-state index contributed by atoms with van der Waals surface area (Å²) in [5.74, 6) is 0. The van der Waals surface area contributed by atoms with Crippen LogP contribution in [0.3, 0.4) is 0 Å². The lowest BCUT2D eigenvalue weighted by Crippen LogP contribution is -2.65. The molecular formula is C18H30N2O. The van der Waals surface area contributed by atoms with E-state index in [-0.39, 0.29) is 16.7 Å². The molecule has 1 aromatic rings. The first-order chi connectivity index (χ1) is 9.66. The number of nitrogens with zero attached hydrogens (tertiary/aromatic N) is 1. The zero-order valence-electron chi connectivity index (χ0n) is 14.1. The predicted molar refractivity (Wildman–Crippen MR) is 88.4 cm³/mol. The predicted octanol–water partition coefficient (Wildman–Crippen LogP) is 2.84. The summed E-state index contributed by atoms with van der Waals surface area (Å²) in [5, 5.41) is 0. The summed E-state index contributed by atoms with van der Waals surface area (Å²) in [7, 11) is 0. The monoisotopic (exact) mass is 290 g/mol.